The first-order chi connectivity index (χ1) is 11.6. The Labute approximate surface area is 149 Å². The minimum absolute atomic E-state index is 0.0417. The van der Waals surface area contributed by atoms with Crippen LogP contribution in [-0.2, 0) is 16.3 Å². The molecule has 3 rings (SSSR count). The number of benzene rings is 1. The zero-order valence-electron chi connectivity index (χ0n) is 14.7. The number of fused-ring (bicyclic) bond motifs is 1. The number of sulfone groups is 1. The molecule has 0 bridgehead atoms. The van der Waals surface area contributed by atoms with Gasteiger partial charge >= 0.3 is 0 Å². The van der Waals surface area contributed by atoms with Crippen LogP contribution in [0.4, 0.5) is 0 Å². The fourth-order valence-electron chi connectivity index (χ4n) is 3.55. The van der Waals surface area contributed by atoms with E-state index >= 15 is 0 Å². The fourth-order valence-corrected chi connectivity index (χ4v) is 5.51. The highest BCUT2D eigenvalue weighted by atomic mass is 32.2. The summed E-state index contributed by atoms with van der Waals surface area (Å²) in [6, 6.07) is 6.97. The van der Waals surface area contributed by atoms with E-state index < -0.39 is 15.4 Å². The number of nitrogens with one attached hydrogen (secondary N) is 1. The van der Waals surface area contributed by atoms with Gasteiger partial charge in [0, 0.05) is 24.7 Å². The van der Waals surface area contributed by atoms with Crippen molar-refractivity contribution in [3.05, 3.63) is 35.4 Å². The van der Waals surface area contributed by atoms with Gasteiger partial charge in [0.05, 0.1) is 23.1 Å². The van der Waals surface area contributed by atoms with E-state index in [1.165, 1.54) is 0 Å². The number of carbonyl (C=O) groups excluding carboxylic acids is 1. The third-order valence-corrected chi connectivity index (χ3v) is 6.69. The van der Waals surface area contributed by atoms with Crippen LogP contribution in [-0.4, -0.2) is 66.6 Å². The Hall–Kier alpha value is -1.44. The summed E-state index contributed by atoms with van der Waals surface area (Å²) in [7, 11) is -3.09. The molecule has 1 aromatic rings. The van der Waals surface area contributed by atoms with Crippen LogP contribution < -0.4 is 5.32 Å². The predicted octanol–water partition coefficient (Wildman–Crippen LogP) is 0.601. The van der Waals surface area contributed by atoms with Crippen molar-refractivity contribution in [3.8, 4) is 0 Å². The van der Waals surface area contributed by atoms with Crippen molar-refractivity contribution in [2.45, 2.75) is 44.4 Å². The lowest BCUT2D eigenvalue weighted by molar-refractivity contribution is 0.0620. The van der Waals surface area contributed by atoms with Gasteiger partial charge < -0.3 is 15.3 Å². The molecule has 138 valence electrons. The average Bonchev–Trinajstić information content (AvgIpc) is 2.85. The first-order valence-corrected chi connectivity index (χ1v) is 10.5. The molecule has 1 amide bonds. The first-order valence-electron chi connectivity index (χ1n) is 8.71. The van der Waals surface area contributed by atoms with Gasteiger partial charge in [0.25, 0.3) is 5.91 Å². The van der Waals surface area contributed by atoms with Crippen molar-refractivity contribution in [2.24, 2.45) is 0 Å². The van der Waals surface area contributed by atoms with Crippen molar-refractivity contribution >= 4 is 15.7 Å². The molecule has 7 heteroatoms. The largest absolute Gasteiger partial charge is 0.390 e. The van der Waals surface area contributed by atoms with Gasteiger partial charge in [-0.05, 0) is 44.4 Å². The van der Waals surface area contributed by atoms with E-state index in [1.54, 1.807) is 30.9 Å². The Morgan fingerprint density at radius 2 is 1.96 bits per heavy atom. The molecular weight excluding hydrogens is 340 g/mol. The van der Waals surface area contributed by atoms with Crippen LogP contribution in [0, 0.1) is 0 Å². The molecule has 0 aliphatic carbocycles. The zero-order chi connectivity index (χ0) is 18.2. The van der Waals surface area contributed by atoms with Crippen LogP contribution in [0.1, 0.15) is 36.2 Å². The molecule has 2 heterocycles. The molecule has 6 nitrogen and oxygen atoms in total. The molecule has 0 saturated carbocycles. The highest BCUT2D eigenvalue weighted by molar-refractivity contribution is 7.91. The number of amides is 1. The van der Waals surface area contributed by atoms with Gasteiger partial charge in [-0.15, -0.1) is 0 Å². The summed E-state index contributed by atoms with van der Waals surface area (Å²) < 4.78 is 23.8. The van der Waals surface area contributed by atoms with Crippen molar-refractivity contribution in [2.75, 3.05) is 24.6 Å². The molecule has 0 radical (unpaired) electrons. The lowest BCUT2D eigenvalue weighted by atomic mass is 9.98. The number of aliphatic hydroxyl groups is 1. The van der Waals surface area contributed by atoms with Crippen molar-refractivity contribution in [3.63, 3.8) is 0 Å². The quantitative estimate of drug-likeness (QED) is 0.815. The van der Waals surface area contributed by atoms with Crippen LogP contribution in [0.25, 0.3) is 0 Å². The molecular formula is C18H26N2O4S. The SMILES string of the molecule is CC(C)(O)CCc1ccc(C(=O)N2CCN[C@H]3CS(=O)(=O)C[C@H]32)cc1. The van der Waals surface area contributed by atoms with Crippen LogP contribution in [0.15, 0.2) is 24.3 Å². The minimum atomic E-state index is -3.09. The Morgan fingerprint density at radius 1 is 1.28 bits per heavy atom. The summed E-state index contributed by atoms with van der Waals surface area (Å²) in [5.74, 6) is 0.0415. The third kappa shape index (κ3) is 4.40. The number of carbonyl (C=O) groups is 1. The minimum Gasteiger partial charge on any atom is -0.390 e. The molecule has 2 saturated heterocycles. The second-order valence-electron chi connectivity index (χ2n) is 7.71. The van der Waals surface area contributed by atoms with Gasteiger partial charge in [-0.2, -0.15) is 0 Å². The summed E-state index contributed by atoms with van der Waals surface area (Å²) in [4.78, 5) is 14.6. The lowest BCUT2D eigenvalue weighted by Crippen LogP contribution is -2.59. The van der Waals surface area contributed by atoms with Crippen LogP contribution in [0.5, 0.6) is 0 Å². The van der Waals surface area contributed by atoms with E-state index in [4.69, 9.17) is 0 Å². The topological polar surface area (TPSA) is 86.7 Å². The summed E-state index contributed by atoms with van der Waals surface area (Å²) in [6.07, 6.45) is 1.40. The standard InChI is InChI=1S/C18H26N2O4S/c1-18(2,22)8-7-13-3-5-14(6-4-13)17(21)20-10-9-19-15-11-25(23,24)12-16(15)20/h3-6,15-16,19,22H,7-12H2,1-2H3/t15-,16+/m0/s1. The normalized spacial score (nSPS) is 25.6. The Kier molecular flexibility index (Phi) is 4.92. The molecule has 0 unspecified atom stereocenters. The van der Waals surface area contributed by atoms with Gasteiger partial charge in [0.1, 0.15) is 0 Å². The number of aryl methyl sites for hydroxylation is 1. The number of hydrogen-bond donors (Lipinski definition) is 2. The summed E-state index contributed by atoms with van der Waals surface area (Å²) >= 11 is 0. The summed E-state index contributed by atoms with van der Waals surface area (Å²) in [5.41, 5.74) is 0.940. The third-order valence-electron chi connectivity index (χ3n) is 4.97. The predicted molar refractivity (Wildman–Crippen MR) is 96.3 cm³/mol. The first kappa shape index (κ1) is 18.4. The van der Waals surface area contributed by atoms with Crippen molar-refractivity contribution in [1.82, 2.24) is 10.2 Å². The van der Waals surface area contributed by atoms with E-state index in [0.29, 0.717) is 25.1 Å². The van der Waals surface area contributed by atoms with Crippen LogP contribution >= 0.6 is 0 Å². The fraction of sp³-hybridized carbons (Fsp3) is 0.611. The van der Waals surface area contributed by atoms with Crippen molar-refractivity contribution in [1.29, 1.82) is 0 Å². The van der Waals surface area contributed by atoms with Crippen LogP contribution in [0.3, 0.4) is 0 Å². The Bertz CT molecular complexity index is 737. The highest BCUT2D eigenvalue weighted by Gasteiger charge is 2.44. The second kappa shape index (κ2) is 6.70. The van der Waals surface area contributed by atoms with Gasteiger partial charge in [-0.3, -0.25) is 4.79 Å². The number of piperazine rings is 1. The maximum Gasteiger partial charge on any atom is 0.254 e. The number of rotatable bonds is 4. The Balaban J connectivity index is 1.70. The van der Waals surface area contributed by atoms with Gasteiger partial charge in [-0.1, -0.05) is 12.1 Å². The van der Waals surface area contributed by atoms with E-state index in [9.17, 15) is 18.3 Å². The molecule has 2 aliphatic heterocycles. The van der Waals surface area contributed by atoms with Crippen LogP contribution in [0.2, 0.25) is 0 Å². The zero-order valence-corrected chi connectivity index (χ0v) is 15.6. The van der Waals surface area contributed by atoms with Crippen molar-refractivity contribution < 1.29 is 18.3 Å². The molecule has 0 spiro atoms. The van der Waals surface area contributed by atoms with E-state index in [0.717, 1.165) is 12.0 Å². The molecule has 25 heavy (non-hydrogen) atoms. The van der Waals surface area contributed by atoms with Gasteiger partial charge in [0.2, 0.25) is 0 Å². The number of nitrogens with zero attached hydrogens (tertiary/aromatic N) is 1. The number of hydrogen-bond acceptors (Lipinski definition) is 5. The summed E-state index contributed by atoms with van der Waals surface area (Å²) in [5, 5.41) is 13.0. The monoisotopic (exact) mass is 366 g/mol. The van der Waals surface area contributed by atoms with Gasteiger partial charge in [-0.25, -0.2) is 8.42 Å². The molecule has 1 aromatic carbocycles. The van der Waals surface area contributed by atoms with Gasteiger partial charge in [0.15, 0.2) is 9.84 Å². The molecule has 0 aromatic heterocycles. The maximum absolute atomic E-state index is 12.8. The smallest absolute Gasteiger partial charge is 0.254 e. The lowest BCUT2D eigenvalue weighted by Gasteiger charge is -2.37. The van der Waals surface area contributed by atoms with E-state index in [1.807, 2.05) is 12.1 Å². The molecule has 2 atom stereocenters. The van der Waals surface area contributed by atoms with E-state index in [2.05, 4.69) is 5.32 Å². The average molecular weight is 366 g/mol. The van der Waals surface area contributed by atoms with E-state index in [-0.39, 0.29) is 29.5 Å². The summed E-state index contributed by atoms with van der Waals surface area (Å²) in [6.45, 7) is 4.70. The highest BCUT2D eigenvalue weighted by Crippen LogP contribution is 2.23. The maximum atomic E-state index is 12.8. The second-order valence-corrected chi connectivity index (χ2v) is 9.87. The Morgan fingerprint density at radius 3 is 2.60 bits per heavy atom. The molecule has 2 aliphatic rings. The molecule has 2 fully saturated rings. The molecule has 2 N–H and O–H groups in total.